The normalized spacial score (nSPS) is 15.9. The van der Waals surface area contributed by atoms with E-state index in [1.807, 2.05) is 0 Å². The van der Waals surface area contributed by atoms with Crippen LogP contribution >= 0.6 is 11.8 Å². The summed E-state index contributed by atoms with van der Waals surface area (Å²) in [4.78, 5) is 36.9. The van der Waals surface area contributed by atoms with E-state index in [-0.39, 0.29) is 29.5 Å². The van der Waals surface area contributed by atoms with Crippen molar-refractivity contribution in [3.05, 3.63) is 53.2 Å². The fourth-order valence-electron chi connectivity index (χ4n) is 2.05. The van der Waals surface area contributed by atoms with Gasteiger partial charge in [0.25, 0.3) is 11.1 Å². The Labute approximate surface area is 143 Å². The highest BCUT2D eigenvalue weighted by molar-refractivity contribution is 8.18. The number of thioether (sulfide) groups is 1. The maximum Gasteiger partial charge on any atom is 0.293 e. The van der Waals surface area contributed by atoms with Crippen LogP contribution in [0.15, 0.2) is 41.8 Å². The maximum atomic E-state index is 13.6. The molecule has 2 rings (SSSR count). The molecule has 1 heterocycles. The molecule has 0 unspecified atom stereocenters. The van der Waals surface area contributed by atoms with Crippen molar-refractivity contribution in [3.63, 3.8) is 0 Å². The first-order chi connectivity index (χ1) is 11.5. The van der Waals surface area contributed by atoms with Gasteiger partial charge in [-0.05, 0) is 30.3 Å². The number of halogens is 1. The van der Waals surface area contributed by atoms with Crippen LogP contribution in [0.4, 0.5) is 9.18 Å². The van der Waals surface area contributed by atoms with Crippen molar-refractivity contribution >= 4 is 34.9 Å². The fourth-order valence-corrected chi connectivity index (χ4v) is 2.91. The number of rotatable bonds is 7. The topological polar surface area (TPSA) is 66.5 Å². The van der Waals surface area contributed by atoms with E-state index in [1.54, 1.807) is 18.2 Å². The lowest BCUT2D eigenvalue weighted by molar-refractivity contribution is -0.124. The predicted octanol–water partition coefficient (Wildman–Crippen LogP) is 2.94. The van der Waals surface area contributed by atoms with E-state index in [0.717, 1.165) is 16.7 Å². The first kappa shape index (κ1) is 17.9. The van der Waals surface area contributed by atoms with Crippen LogP contribution in [-0.4, -0.2) is 35.0 Å². The number of benzene rings is 1. The van der Waals surface area contributed by atoms with E-state index in [1.165, 1.54) is 18.2 Å². The van der Waals surface area contributed by atoms with Gasteiger partial charge in [-0.15, -0.1) is 6.58 Å². The number of imide groups is 1. The highest BCUT2D eigenvalue weighted by Crippen LogP contribution is 2.32. The highest BCUT2D eigenvalue weighted by atomic mass is 32.2. The molecule has 7 heteroatoms. The predicted molar refractivity (Wildman–Crippen MR) is 91.5 cm³/mol. The molecule has 0 bridgehead atoms. The van der Waals surface area contributed by atoms with Gasteiger partial charge in [0, 0.05) is 25.1 Å². The Morgan fingerprint density at radius 2 is 2.08 bits per heavy atom. The minimum absolute atomic E-state index is 0.0824. The second kappa shape index (κ2) is 8.44. The number of amides is 3. The van der Waals surface area contributed by atoms with Crippen LogP contribution in [0.3, 0.4) is 0 Å². The van der Waals surface area contributed by atoms with Crippen LogP contribution in [0.2, 0.25) is 0 Å². The summed E-state index contributed by atoms with van der Waals surface area (Å²) < 4.78 is 13.6. The molecule has 0 aromatic heterocycles. The third-order valence-corrected chi connectivity index (χ3v) is 4.21. The smallest absolute Gasteiger partial charge is 0.293 e. The summed E-state index contributed by atoms with van der Waals surface area (Å²) in [7, 11) is 0. The molecule has 1 aliphatic heterocycles. The number of allylic oxidation sites excluding steroid dienone is 1. The van der Waals surface area contributed by atoms with E-state index in [2.05, 4.69) is 11.9 Å². The lowest BCUT2D eigenvalue weighted by Crippen LogP contribution is -2.37. The number of hydrogen-bond acceptors (Lipinski definition) is 4. The summed E-state index contributed by atoms with van der Waals surface area (Å²) in [6.07, 6.45) is 3.89. The van der Waals surface area contributed by atoms with Crippen molar-refractivity contribution in [1.82, 2.24) is 10.2 Å². The van der Waals surface area contributed by atoms with E-state index < -0.39 is 17.0 Å². The van der Waals surface area contributed by atoms with Crippen LogP contribution in [0.5, 0.6) is 0 Å². The van der Waals surface area contributed by atoms with Crippen molar-refractivity contribution < 1.29 is 18.8 Å². The summed E-state index contributed by atoms with van der Waals surface area (Å²) in [5.41, 5.74) is 0.251. The van der Waals surface area contributed by atoms with E-state index in [4.69, 9.17) is 0 Å². The Morgan fingerprint density at radius 3 is 2.79 bits per heavy atom. The Kier molecular flexibility index (Phi) is 6.31. The quantitative estimate of drug-likeness (QED) is 0.608. The molecule has 1 fully saturated rings. The third kappa shape index (κ3) is 4.55. The molecular formula is C17H17FN2O3S. The van der Waals surface area contributed by atoms with Crippen molar-refractivity contribution in [1.29, 1.82) is 0 Å². The third-order valence-electron chi connectivity index (χ3n) is 3.30. The molecule has 3 amide bonds. The fraction of sp³-hybridized carbons (Fsp3) is 0.235. The zero-order chi connectivity index (χ0) is 17.5. The SMILES string of the molecule is C=CCCC(=O)NCCN1C(=O)SC(=Cc2ccccc2F)C1=O. The van der Waals surface area contributed by atoms with Gasteiger partial charge in [-0.1, -0.05) is 24.3 Å². The molecule has 1 N–H and O–H groups in total. The number of carbonyl (C=O) groups is 3. The standard InChI is InChI=1S/C17H17FN2O3S/c1-2-3-8-15(21)19-9-10-20-16(22)14(24-17(20)23)11-12-6-4-5-7-13(12)18/h2,4-7,11H,1,3,8-10H2,(H,19,21). The van der Waals surface area contributed by atoms with E-state index in [9.17, 15) is 18.8 Å². The van der Waals surface area contributed by atoms with Gasteiger partial charge in [0.15, 0.2) is 0 Å². The molecule has 0 aliphatic carbocycles. The van der Waals surface area contributed by atoms with Gasteiger partial charge >= 0.3 is 0 Å². The molecule has 1 aliphatic rings. The summed E-state index contributed by atoms with van der Waals surface area (Å²) >= 11 is 0.764. The number of hydrogen-bond donors (Lipinski definition) is 1. The number of nitrogens with one attached hydrogen (secondary N) is 1. The molecule has 126 valence electrons. The zero-order valence-corrected chi connectivity index (χ0v) is 13.8. The molecule has 1 aromatic rings. The summed E-state index contributed by atoms with van der Waals surface area (Å²) in [6, 6.07) is 6.02. The van der Waals surface area contributed by atoms with E-state index in [0.29, 0.717) is 12.8 Å². The molecular weight excluding hydrogens is 331 g/mol. The van der Waals surface area contributed by atoms with Gasteiger partial charge < -0.3 is 5.32 Å². The molecule has 0 spiro atoms. The molecule has 0 saturated carbocycles. The Balaban J connectivity index is 1.95. The summed E-state index contributed by atoms with van der Waals surface area (Å²) in [6.45, 7) is 3.80. The molecule has 0 radical (unpaired) electrons. The van der Waals surface area contributed by atoms with Crippen LogP contribution in [-0.2, 0) is 9.59 Å². The Bertz CT molecular complexity index is 703. The van der Waals surface area contributed by atoms with Crippen molar-refractivity contribution in [2.45, 2.75) is 12.8 Å². The van der Waals surface area contributed by atoms with Gasteiger partial charge in [0.05, 0.1) is 4.91 Å². The second-order valence-corrected chi connectivity index (χ2v) is 6.03. The van der Waals surface area contributed by atoms with Gasteiger partial charge in [-0.25, -0.2) is 4.39 Å². The molecule has 1 saturated heterocycles. The molecule has 5 nitrogen and oxygen atoms in total. The zero-order valence-electron chi connectivity index (χ0n) is 13.0. The number of nitrogens with zero attached hydrogens (tertiary/aromatic N) is 1. The summed E-state index contributed by atoms with van der Waals surface area (Å²) in [5, 5.41) is 2.21. The van der Waals surface area contributed by atoms with E-state index >= 15 is 0 Å². The summed E-state index contributed by atoms with van der Waals surface area (Å²) in [5.74, 6) is -1.10. The van der Waals surface area contributed by atoms with Gasteiger partial charge in [-0.2, -0.15) is 0 Å². The monoisotopic (exact) mass is 348 g/mol. The average molecular weight is 348 g/mol. The Hall–Kier alpha value is -2.41. The molecule has 24 heavy (non-hydrogen) atoms. The largest absolute Gasteiger partial charge is 0.354 e. The Morgan fingerprint density at radius 1 is 1.33 bits per heavy atom. The van der Waals surface area contributed by atoms with Gasteiger partial charge in [-0.3, -0.25) is 19.3 Å². The van der Waals surface area contributed by atoms with Crippen LogP contribution in [0.1, 0.15) is 18.4 Å². The molecule has 0 atom stereocenters. The first-order valence-electron chi connectivity index (χ1n) is 7.40. The second-order valence-electron chi connectivity index (χ2n) is 5.03. The average Bonchev–Trinajstić information content (AvgIpc) is 2.82. The highest BCUT2D eigenvalue weighted by Gasteiger charge is 2.34. The van der Waals surface area contributed by atoms with Gasteiger partial charge in [0.2, 0.25) is 5.91 Å². The van der Waals surface area contributed by atoms with Gasteiger partial charge in [0.1, 0.15) is 5.82 Å². The first-order valence-corrected chi connectivity index (χ1v) is 8.22. The molecule has 1 aromatic carbocycles. The van der Waals surface area contributed by atoms with Crippen molar-refractivity contribution in [2.24, 2.45) is 0 Å². The van der Waals surface area contributed by atoms with Crippen molar-refractivity contribution in [3.8, 4) is 0 Å². The van der Waals surface area contributed by atoms with Crippen molar-refractivity contribution in [2.75, 3.05) is 13.1 Å². The van der Waals surface area contributed by atoms with Crippen LogP contribution < -0.4 is 5.32 Å². The van der Waals surface area contributed by atoms with Crippen LogP contribution in [0, 0.1) is 5.82 Å². The number of carbonyl (C=O) groups excluding carboxylic acids is 3. The minimum Gasteiger partial charge on any atom is -0.354 e. The minimum atomic E-state index is -0.478. The van der Waals surface area contributed by atoms with Crippen LogP contribution in [0.25, 0.3) is 6.08 Å². The lowest BCUT2D eigenvalue weighted by atomic mass is 10.2. The maximum absolute atomic E-state index is 13.6. The lowest BCUT2D eigenvalue weighted by Gasteiger charge is -2.12.